The summed E-state index contributed by atoms with van der Waals surface area (Å²) in [7, 11) is 0. The molecule has 1 heterocycles. The number of H-pyrrole nitrogens is 1. The van der Waals surface area contributed by atoms with E-state index in [4.69, 9.17) is 0 Å². The summed E-state index contributed by atoms with van der Waals surface area (Å²) in [5, 5.41) is 6.08. The van der Waals surface area contributed by atoms with Gasteiger partial charge >= 0.3 is 0 Å². The molecule has 0 bridgehead atoms. The lowest BCUT2D eigenvalue weighted by molar-refractivity contribution is 0.587. The number of rotatable bonds is 5. The first-order chi connectivity index (χ1) is 8.65. The molecule has 2 aromatic rings. The van der Waals surface area contributed by atoms with Gasteiger partial charge in [-0.2, -0.15) is 0 Å². The Bertz CT molecular complexity index is 540. The van der Waals surface area contributed by atoms with E-state index >= 15 is 0 Å². The Kier molecular flexibility index (Phi) is 3.99. The summed E-state index contributed by atoms with van der Waals surface area (Å²) in [6, 6.07) is 10.5. The highest BCUT2D eigenvalue weighted by Crippen LogP contribution is 2.01. The first-order valence-electron chi connectivity index (χ1n) is 6.21. The highest BCUT2D eigenvalue weighted by molar-refractivity contribution is 5.15. The van der Waals surface area contributed by atoms with Gasteiger partial charge in [-0.05, 0) is 5.56 Å². The van der Waals surface area contributed by atoms with Crippen molar-refractivity contribution in [2.75, 3.05) is 0 Å². The third-order valence-corrected chi connectivity index (χ3v) is 2.74. The van der Waals surface area contributed by atoms with Gasteiger partial charge in [0.2, 0.25) is 0 Å². The lowest BCUT2D eigenvalue weighted by Gasteiger charge is -2.05. The smallest absolute Gasteiger partial charge is 0.268 e. The summed E-state index contributed by atoms with van der Waals surface area (Å²) < 4.78 is 1.83. The number of benzene rings is 1. The van der Waals surface area contributed by atoms with Crippen LogP contribution in [0.5, 0.6) is 0 Å². The van der Waals surface area contributed by atoms with E-state index in [1.165, 1.54) is 5.56 Å². The van der Waals surface area contributed by atoms with Gasteiger partial charge in [-0.3, -0.25) is 14.6 Å². The third kappa shape index (κ3) is 3.34. The largest absolute Gasteiger partial charge is 0.310 e. The molecule has 0 amide bonds. The maximum atomic E-state index is 11.7. The Balaban J connectivity index is 2.07. The summed E-state index contributed by atoms with van der Waals surface area (Å²) in [6.45, 7) is 5.43. The standard InChI is InChI=1S/C14H19N3O/c1-11(2)15-8-13-10-17(16-14(13)18)9-12-6-4-3-5-7-12/h3-7,10-11,15H,8-9H2,1-2H3,(H,16,18). The summed E-state index contributed by atoms with van der Waals surface area (Å²) in [6.07, 6.45) is 1.88. The van der Waals surface area contributed by atoms with Crippen LogP contribution in [0.3, 0.4) is 0 Å². The van der Waals surface area contributed by atoms with Crippen molar-refractivity contribution in [2.45, 2.75) is 33.0 Å². The van der Waals surface area contributed by atoms with Crippen LogP contribution < -0.4 is 10.9 Å². The molecular formula is C14H19N3O. The molecule has 0 radical (unpaired) electrons. The highest BCUT2D eigenvalue weighted by Gasteiger charge is 2.04. The Morgan fingerprint density at radius 1 is 1.28 bits per heavy atom. The van der Waals surface area contributed by atoms with Gasteiger partial charge in [0, 0.05) is 18.8 Å². The Morgan fingerprint density at radius 2 is 2.00 bits per heavy atom. The van der Waals surface area contributed by atoms with Crippen LogP contribution in [0, 0.1) is 0 Å². The fourth-order valence-electron chi connectivity index (χ4n) is 1.79. The molecule has 0 saturated carbocycles. The van der Waals surface area contributed by atoms with Crippen LogP contribution >= 0.6 is 0 Å². The van der Waals surface area contributed by atoms with Crippen molar-refractivity contribution < 1.29 is 0 Å². The maximum Gasteiger partial charge on any atom is 0.268 e. The molecule has 2 N–H and O–H groups in total. The van der Waals surface area contributed by atoms with Crippen molar-refractivity contribution >= 4 is 0 Å². The SMILES string of the molecule is CC(C)NCc1cn(Cc2ccccc2)[nH]c1=O. The molecule has 0 aliphatic carbocycles. The molecule has 0 aliphatic rings. The minimum absolute atomic E-state index is 0.0147. The summed E-state index contributed by atoms with van der Waals surface area (Å²) in [5.74, 6) is 0. The van der Waals surface area contributed by atoms with Gasteiger partial charge in [-0.15, -0.1) is 0 Å². The molecule has 1 aromatic heterocycles. The monoisotopic (exact) mass is 245 g/mol. The lowest BCUT2D eigenvalue weighted by Crippen LogP contribution is -2.24. The van der Waals surface area contributed by atoms with Crippen molar-refractivity contribution in [1.29, 1.82) is 0 Å². The molecule has 18 heavy (non-hydrogen) atoms. The molecule has 4 nitrogen and oxygen atoms in total. The van der Waals surface area contributed by atoms with Crippen LogP contribution in [0.15, 0.2) is 41.3 Å². The molecule has 0 fully saturated rings. The van der Waals surface area contributed by atoms with Crippen LogP contribution in [0.1, 0.15) is 25.0 Å². The van der Waals surface area contributed by atoms with Crippen molar-refractivity contribution in [3.05, 3.63) is 58.0 Å². The van der Waals surface area contributed by atoms with E-state index in [-0.39, 0.29) is 5.56 Å². The van der Waals surface area contributed by atoms with E-state index in [1.807, 2.05) is 41.2 Å². The van der Waals surface area contributed by atoms with E-state index in [2.05, 4.69) is 24.3 Å². The minimum atomic E-state index is -0.0147. The average Bonchev–Trinajstić information content (AvgIpc) is 2.68. The molecule has 0 unspecified atom stereocenters. The van der Waals surface area contributed by atoms with E-state index in [1.54, 1.807) is 0 Å². The van der Waals surface area contributed by atoms with Gasteiger partial charge in [0.1, 0.15) is 0 Å². The van der Waals surface area contributed by atoms with Gasteiger partial charge < -0.3 is 5.32 Å². The van der Waals surface area contributed by atoms with E-state index < -0.39 is 0 Å². The lowest BCUT2D eigenvalue weighted by atomic mass is 10.2. The zero-order chi connectivity index (χ0) is 13.0. The molecule has 0 aliphatic heterocycles. The van der Waals surface area contributed by atoms with Crippen LogP contribution in [0.2, 0.25) is 0 Å². The molecule has 96 valence electrons. The second kappa shape index (κ2) is 5.69. The summed E-state index contributed by atoms with van der Waals surface area (Å²) in [5.41, 5.74) is 1.94. The molecule has 4 heteroatoms. The number of aromatic amines is 1. The number of nitrogens with one attached hydrogen (secondary N) is 2. The Labute approximate surface area is 107 Å². The zero-order valence-electron chi connectivity index (χ0n) is 10.8. The normalized spacial score (nSPS) is 11.1. The van der Waals surface area contributed by atoms with Crippen molar-refractivity contribution in [3.8, 4) is 0 Å². The predicted octanol–water partition coefficient (Wildman–Crippen LogP) is 1.72. The van der Waals surface area contributed by atoms with Crippen LogP contribution in [-0.2, 0) is 13.1 Å². The van der Waals surface area contributed by atoms with Gasteiger partial charge in [0.25, 0.3) is 5.56 Å². The molecule has 2 rings (SSSR count). The molecule has 0 saturated heterocycles. The third-order valence-electron chi connectivity index (χ3n) is 2.74. The first kappa shape index (κ1) is 12.6. The van der Waals surface area contributed by atoms with Crippen LogP contribution in [-0.4, -0.2) is 15.8 Å². The van der Waals surface area contributed by atoms with Crippen molar-refractivity contribution in [2.24, 2.45) is 0 Å². The fourth-order valence-corrected chi connectivity index (χ4v) is 1.79. The Hall–Kier alpha value is -1.81. The molecular weight excluding hydrogens is 226 g/mol. The van der Waals surface area contributed by atoms with Crippen LogP contribution in [0.4, 0.5) is 0 Å². The highest BCUT2D eigenvalue weighted by atomic mass is 16.1. The number of nitrogens with zero attached hydrogens (tertiary/aromatic N) is 1. The second-order valence-corrected chi connectivity index (χ2v) is 4.74. The Morgan fingerprint density at radius 3 is 2.67 bits per heavy atom. The first-order valence-corrected chi connectivity index (χ1v) is 6.21. The number of hydrogen-bond acceptors (Lipinski definition) is 2. The fraction of sp³-hybridized carbons (Fsp3) is 0.357. The average molecular weight is 245 g/mol. The second-order valence-electron chi connectivity index (χ2n) is 4.74. The van der Waals surface area contributed by atoms with Gasteiger partial charge in [0.15, 0.2) is 0 Å². The van der Waals surface area contributed by atoms with Gasteiger partial charge in [0.05, 0.1) is 12.1 Å². The van der Waals surface area contributed by atoms with Gasteiger partial charge in [-0.1, -0.05) is 44.2 Å². The van der Waals surface area contributed by atoms with E-state index in [0.717, 1.165) is 5.56 Å². The van der Waals surface area contributed by atoms with Crippen molar-refractivity contribution in [1.82, 2.24) is 15.1 Å². The number of aromatic nitrogens is 2. The molecule has 0 spiro atoms. The predicted molar refractivity (Wildman–Crippen MR) is 72.6 cm³/mol. The van der Waals surface area contributed by atoms with Gasteiger partial charge in [-0.25, -0.2) is 0 Å². The van der Waals surface area contributed by atoms with Crippen molar-refractivity contribution in [3.63, 3.8) is 0 Å². The zero-order valence-corrected chi connectivity index (χ0v) is 10.8. The summed E-state index contributed by atoms with van der Waals surface area (Å²) in [4.78, 5) is 11.7. The quantitative estimate of drug-likeness (QED) is 0.842. The maximum absolute atomic E-state index is 11.7. The van der Waals surface area contributed by atoms with E-state index in [0.29, 0.717) is 19.1 Å². The molecule has 0 atom stereocenters. The number of hydrogen-bond donors (Lipinski definition) is 2. The van der Waals surface area contributed by atoms with Crippen LogP contribution in [0.25, 0.3) is 0 Å². The topological polar surface area (TPSA) is 49.8 Å². The minimum Gasteiger partial charge on any atom is -0.310 e. The molecule has 1 aromatic carbocycles. The summed E-state index contributed by atoms with van der Waals surface area (Å²) >= 11 is 0. The van der Waals surface area contributed by atoms with E-state index in [9.17, 15) is 4.79 Å².